The number of carbonyl (C=O) groups is 1. The monoisotopic (exact) mass is 288 g/mol. The lowest BCUT2D eigenvalue weighted by Crippen LogP contribution is -2.33. The lowest BCUT2D eigenvalue weighted by atomic mass is 9.95. The first-order valence-corrected chi connectivity index (χ1v) is 7.37. The molecule has 0 aliphatic rings. The van der Waals surface area contributed by atoms with Crippen LogP contribution in [0.3, 0.4) is 0 Å². The van der Waals surface area contributed by atoms with Crippen molar-refractivity contribution in [3.8, 4) is 0 Å². The van der Waals surface area contributed by atoms with E-state index in [1.165, 1.54) is 0 Å². The Morgan fingerprint density at radius 1 is 1.32 bits per heavy atom. The van der Waals surface area contributed by atoms with Crippen LogP contribution in [-0.2, 0) is 4.79 Å². The number of amides is 1. The molecule has 0 bridgehead atoms. The SMILES string of the molecule is C=C/C=C(\C)NC(=O)C(C)(C)C.CC(C)(C)SCN.[HH]. The number of thioether (sulfide) groups is 1. The fourth-order valence-corrected chi connectivity index (χ4v) is 1.34. The van der Waals surface area contributed by atoms with Crippen LogP contribution in [-0.4, -0.2) is 16.5 Å². The van der Waals surface area contributed by atoms with Crippen molar-refractivity contribution < 1.29 is 6.22 Å². The van der Waals surface area contributed by atoms with Crippen molar-refractivity contribution in [2.45, 2.75) is 53.2 Å². The van der Waals surface area contributed by atoms with Crippen LogP contribution < -0.4 is 11.1 Å². The van der Waals surface area contributed by atoms with Crippen LogP contribution >= 0.6 is 11.8 Å². The minimum atomic E-state index is -0.337. The second-order valence-electron chi connectivity index (χ2n) is 6.21. The predicted octanol–water partition coefficient (Wildman–Crippen LogP) is 3.92. The molecule has 114 valence electrons. The van der Waals surface area contributed by atoms with Gasteiger partial charge in [-0.3, -0.25) is 4.79 Å². The Morgan fingerprint density at radius 3 is 2.00 bits per heavy atom. The van der Waals surface area contributed by atoms with Gasteiger partial charge in [0.1, 0.15) is 0 Å². The second-order valence-corrected chi connectivity index (χ2v) is 8.06. The molecule has 0 rings (SSSR count). The van der Waals surface area contributed by atoms with Gasteiger partial charge in [0.15, 0.2) is 0 Å². The van der Waals surface area contributed by atoms with E-state index in [1.807, 2.05) is 27.7 Å². The van der Waals surface area contributed by atoms with Crippen molar-refractivity contribution in [2.24, 2.45) is 11.1 Å². The van der Waals surface area contributed by atoms with Crippen molar-refractivity contribution in [3.63, 3.8) is 0 Å². The summed E-state index contributed by atoms with van der Waals surface area (Å²) < 4.78 is 0.342. The number of nitrogens with two attached hydrogens (primary N) is 1. The second kappa shape index (κ2) is 9.21. The molecule has 0 aliphatic heterocycles. The number of hydrogen-bond acceptors (Lipinski definition) is 3. The van der Waals surface area contributed by atoms with Gasteiger partial charge in [-0.05, 0) is 13.0 Å². The maximum atomic E-state index is 11.4. The molecular weight excluding hydrogens is 256 g/mol. The van der Waals surface area contributed by atoms with Crippen molar-refractivity contribution in [1.82, 2.24) is 5.32 Å². The standard InChI is InChI=1S/C10H17NO.C5H13NS.H2/c1-6-7-8(2)11-9(12)10(3,4)5;1-5(2,3)7-4-6;/h6-7H,1H2,2-5H3,(H,11,12);4,6H2,1-3H3;1H/b8-7+;;. The topological polar surface area (TPSA) is 55.1 Å². The molecule has 0 aromatic rings. The molecule has 0 aromatic carbocycles. The van der Waals surface area contributed by atoms with E-state index in [2.05, 4.69) is 32.7 Å². The summed E-state index contributed by atoms with van der Waals surface area (Å²) in [7, 11) is 0. The summed E-state index contributed by atoms with van der Waals surface area (Å²) in [5, 5.41) is 2.77. The van der Waals surface area contributed by atoms with E-state index in [-0.39, 0.29) is 12.7 Å². The van der Waals surface area contributed by atoms with Crippen molar-refractivity contribution in [3.05, 3.63) is 24.4 Å². The molecule has 0 saturated heterocycles. The zero-order chi connectivity index (χ0) is 15.7. The summed E-state index contributed by atoms with van der Waals surface area (Å²) in [6.45, 7) is 17.5. The van der Waals surface area contributed by atoms with Gasteiger partial charge >= 0.3 is 0 Å². The molecule has 4 heteroatoms. The Bertz CT molecular complexity index is 315. The Hall–Kier alpha value is -0.740. The summed E-state index contributed by atoms with van der Waals surface area (Å²) in [5.74, 6) is 0.752. The van der Waals surface area contributed by atoms with E-state index >= 15 is 0 Å². The third kappa shape index (κ3) is 15.2. The maximum Gasteiger partial charge on any atom is 0.229 e. The first-order valence-electron chi connectivity index (χ1n) is 6.39. The Morgan fingerprint density at radius 2 is 1.79 bits per heavy atom. The number of hydrogen-bond donors (Lipinski definition) is 2. The molecular formula is C15H32N2OS. The number of rotatable bonds is 3. The third-order valence-electron chi connectivity index (χ3n) is 1.88. The van der Waals surface area contributed by atoms with Crippen LogP contribution in [0.2, 0.25) is 0 Å². The van der Waals surface area contributed by atoms with Gasteiger partial charge in [-0.2, -0.15) is 0 Å². The average molecular weight is 289 g/mol. The first kappa shape index (κ1) is 20.6. The lowest BCUT2D eigenvalue weighted by molar-refractivity contribution is -0.127. The highest BCUT2D eigenvalue weighted by molar-refractivity contribution is 8.00. The molecule has 0 aromatic heterocycles. The summed E-state index contributed by atoms with van der Waals surface area (Å²) in [4.78, 5) is 11.4. The highest BCUT2D eigenvalue weighted by Gasteiger charge is 2.20. The normalized spacial score (nSPS) is 12.3. The highest BCUT2D eigenvalue weighted by atomic mass is 32.2. The van der Waals surface area contributed by atoms with E-state index in [1.54, 1.807) is 23.9 Å². The van der Waals surface area contributed by atoms with Gasteiger partial charge in [-0.25, -0.2) is 0 Å². The van der Waals surface area contributed by atoms with Gasteiger partial charge in [0, 0.05) is 23.2 Å². The molecule has 3 nitrogen and oxygen atoms in total. The largest absolute Gasteiger partial charge is 0.330 e. The third-order valence-corrected chi connectivity index (χ3v) is 2.91. The molecule has 0 saturated carbocycles. The molecule has 0 aliphatic carbocycles. The van der Waals surface area contributed by atoms with E-state index in [9.17, 15) is 4.79 Å². The fraction of sp³-hybridized carbons (Fsp3) is 0.667. The Balaban J connectivity index is -0.000000312. The summed E-state index contributed by atoms with van der Waals surface area (Å²) >= 11 is 1.77. The van der Waals surface area contributed by atoms with Gasteiger partial charge in [-0.1, -0.05) is 54.2 Å². The van der Waals surface area contributed by atoms with Gasteiger partial charge in [0.25, 0.3) is 0 Å². The van der Waals surface area contributed by atoms with Gasteiger partial charge < -0.3 is 11.1 Å². The van der Waals surface area contributed by atoms with Crippen LogP contribution in [0.15, 0.2) is 24.4 Å². The number of allylic oxidation sites excluding steroid dienone is 3. The van der Waals surface area contributed by atoms with E-state index in [4.69, 9.17) is 5.73 Å². The quantitative estimate of drug-likeness (QED) is 0.611. The molecule has 0 unspecified atom stereocenters. The molecule has 0 heterocycles. The number of nitrogens with one attached hydrogen (secondary N) is 1. The minimum Gasteiger partial charge on any atom is -0.330 e. The summed E-state index contributed by atoms with van der Waals surface area (Å²) in [6.07, 6.45) is 3.42. The van der Waals surface area contributed by atoms with Crippen molar-refractivity contribution in [1.29, 1.82) is 0 Å². The molecule has 0 atom stereocenters. The van der Waals surface area contributed by atoms with E-state index in [0.29, 0.717) is 4.75 Å². The highest BCUT2D eigenvalue weighted by Crippen LogP contribution is 2.20. The first-order chi connectivity index (χ1) is 8.44. The van der Waals surface area contributed by atoms with Crippen LogP contribution in [0.4, 0.5) is 0 Å². The minimum absolute atomic E-state index is 0. The Labute approximate surface area is 124 Å². The number of carbonyl (C=O) groups excluding carboxylic acids is 1. The van der Waals surface area contributed by atoms with Gasteiger partial charge in [0.05, 0.1) is 0 Å². The van der Waals surface area contributed by atoms with Crippen LogP contribution in [0, 0.1) is 5.41 Å². The van der Waals surface area contributed by atoms with Crippen LogP contribution in [0.5, 0.6) is 0 Å². The van der Waals surface area contributed by atoms with E-state index < -0.39 is 0 Å². The molecule has 0 fully saturated rings. The average Bonchev–Trinajstić information content (AvgIpc) is 2.15. The zero-order valence-corrected chi connectivity index (χ0v) is 14.3. The van der Waals surface area contributed by atoms with Crippen molar-refractivity contribution >= 4 is 17.7 Å². The molecule has 0 spiro atoms. The Kier molecular flexibility index (Phi) is 9.97. The van der Waals surface area contributed by atoms with Gasteiger partial charge in [-0.15, -0.1) is 11.8 Å². The van der Waals surface area contributed by atoms with Gasteiger partial charge in [0.2, 0.25) is 5.91 Å². The van der Waals surface area contributed by atoms with Crippen LogP contribution in [0.1, 0.15) is 49.9 Å². The van der Waals surface area contributed by atoms with Crippen molar-refractivity contribution in [2.75, 3.05) is 5.88 Å². The predicted molar refractivity (Wildman–Crippen MR) is 90.1 cm³/mol. The molecule has 3 N–H and O–H groups in total. The van der Waals surface area contributed by atoms with E-state index in [0.717, 1.165) is 11.6 Å². The molecule has 19 heavy (non-hydrogen) atoms. The lowest BCUT2D eigenvalue weighted by Gasteiger charge is -2.17. The van der Waals surface area contributed by atoms with Crippen LogP contribution in [0.25, 0.3) is 0 Å². The fourth-order valence-electron chi connectivity index (χ4n) is 0.835. The maximum absolute atomic E-state index is 11.4. The smallest absolute Gasteiger partial charge is 0.229 e. The zero-order valence-electron chi connectivity index (χ0n) is 13.5. The molecule has 0 radical (unpaired) electrons. The summed E-state index contributed by atoms with van der Waals surface area (Å²) in [6, 6.07) is 0. The summed E-state index contributed by atoms with van der Waals surface area (Å²) in [5.41, 5.74) is 5.76. The molecule has 1 amide bonds.